The molecule has 28 heavy (non-hydrogen) atoms. The van der Waals surface area contributed by atoms with Crippen LogP contribution < -0.4 is 5.32 Å². The Labute approximate surface area is 167 Å². The predicted molar refractivity (Wildman–Crippen MR) is 113 cm³/mol. The van der Waals surface area contributed by atoms with E-state index in [1.807, 2.05) is 23.1 Å². The standard InChI is InChI=1S/C22H29N5O/c1-3-18(2)25-22-23-16-20(17-24-22)21(28)27-14-12-26(13-15-27)11-7-10-19-8-5-4-6-9-19/h4-10,16-18H,3,11-15H2,1-2H3,(H,23,24,25)/b10-7+. The van der Waals surface area contributed by atoms with E-state index in [-0.39, 0.29) is 5.91 Å². The molecule has 1 aromatic heterocycles. The second-order valence-electron chi connectivity index (χ2n) is 7.15. The minimum absolute atomic E-state index is 0.00886. The van der Waals surface area contributed by atoms with Crippen LogP contribution in [-0.4, -0.2) is 64.4 Å². The molecule has 3 rings (SSSR count). The summed E-state index contributed by atoms with van der Waals surface area (Å²) in [7, 11) is 0. The third-order valence-electron chi connectivity index (χ3n) is 5.02. The van der Waals surface area contributed by atoms with E-state index in [4.69, 9.17) is 0 Å². The molecule has 0 bridgehead atoms. The van der Waals surface area contributed by atoms with Crippen LogP contribution in [-0.2, 0) is 0 Å². The molecule has 0 saturated carbocycles. The second kappa shape index (κ2) is 9.99. The number of nitrogens with zero attached hydrogens (tertiary/aromatic N) is 4. The molecule has 0 aliphatic carbocycles. The van der Waals surface area contributed by atoms with Gasteiger partial charge in [-0.25, -0.2) is 9.97 Å². The molecule has 0 radical (unpaired) electrons. The van der Waals surface area contributed by atoms with Crippen molar-refractivity contribution in [2.45, 2.75) is 26.3 Å². The number of rotatable bonds is 7. The number of nitrogens with one attached hydrogen (secondary N) is 1. The summed E-state index contributed by atoms with van der Waals surface area (Å²) in [5.41, 5.74) is 1.76. The van der Waals surface area contributed by atoms with E-state index in [2.05, 4.69) is 58.3 Å². The Bertz CT molecular complexity index is 767. The quantitative estimate of drug-likeness (QED) is 0.801. The van der Waals surface area contributed by atoms with E-state index in [9.17, 15) is 4.79 Å². The van der Waals surface area contributed by atoms with Gasteiger partial charge in [0.1, 0.15) is 0 Å². The zero-order valence-corrected chi connectivity index (χ0v) is 16.7. The highest BCUT2D eigenvalue weighted by Crippen LogP contribution is 2.10. The Morgan fingerprint density at radius 1 is 1.14 bits per heavy atom. The Morgan fingerprint density at radius 3 is 2.46 bits per heavy atom. The number of benzene rings is 1. The number of carbonyl (C=O) groups excluding carboxylic acids is 1. The van der Waals surface area contributed by atoms with E-state index in [0.717, 1.165) is 39.1 Å². The number of anilines is 1. The topological polar surface area (TPSA) is 61.4 Å². The lowest BCUT2D eigenvalue weighted by Gasteiger charge is -2.34. The molecule has 1 N–H and O–H groups in total. The molecular formula is C22H29N5O. The number of carbonyl (C=O) groups is 1. The van der Waals surface area contributed by atoms with Gasteiger partial charge in [0.15, 0.2) is 0 Å². The summed E-state index contributed by atoms with van der Waals surface area (Å²) in [5, 5.41) is 3.21. The molecule has 6 heteroatoms. The largest absolute Gasteiger partial charge is 0.352 e. The highest BCUT2D eigenvalue weighted by Gasteiger charge is 2.22. The number of hydrogen-bond donors (Lipinski definition) is 1. The number of piperazine rings is 1. The van der Waals surface area contributed by atoms with Crippen LogP contribution in [0.5, 0.6) is 0 Å². The van der Waals surface area contributed by atoms with Gasteiger partial charge in [-0.05, 0) is 18.9 Å². The summed E-state index contributed by atoms with van der Waals surface area (Å²) < 4.78 is 0. The minimum Gasteiger partial charge on any atom is -0.352 e. The summed E-state index contributed by atoms with van der Waals surface area (Å²) >= 11 is 0. The molecule has 6 nitrogen and oxygen atoms in total. The second-order valence-corrected chi connectivity index (χ2v) is 7.15. The summed E-state index contributed by atoms with van der Waals surface area (Å²) in [4.78, 5) is 25.5. The summed E-state index contributed by atoms with van der Waals surface area (Å²) in [6.45, 7) is 8.29. The third kappa shape index (κ3) is 5.63. The monoisotopic (exact) mass is 379 g/mol. The maximum Gasteiger partial charge on any atom is 0.257 e. The lowest BCUT2D eigenvalue weighted by atomic mass is 10.2. The molecule has 1 aromatic carbocycles. The smallest absolute Gasteiger partial charge is 0.257 e. The van der Waals surface area contributed by atoms with Gasteiger partial charge in [0.25, 0.3) is 5.91 Å². The molecule has 1 aliphatic rings. The molecule has 1 atom stereocenters. The lowest BCUT2D eigenvalue weighted by Crippen LogP contribution is -2.48. The van der Waals surface area contributed by atoms with Gasteiger partial charge in [0.2, 0.25) is 5.95 Å². The van der Waals surface area contributed by atoms with Crippen molar-refractivity contribution in [2.75, 3.05) is 38.0 Å². The first-order valence-electron chi connectivity index (χ1n) is 9.97. The molecule has 1 aliphatic heterocycles. The van der Waals surface area contributed by atoms with Crippen molar-refractivity contribution in [1.82, 2.24) is 19.8 Å². The normalized spacial score (nSPS) is 16.3. The first-order chi connectivity index (χ1) is 13.7. The van der Waals surface area contributed by atoms with Gasteiger partial charge in [-0.1, -0.05) is 49.4 Å². The van der Waals surface area contributed by atoms with Crippen molar-refractivity contribution in [3.8, 4) is 0 Å². The highest BCUT2D eigenvalue weighted by atomic mass is 16.2. The maximum absolute atomic E-state index is 12.7. The van der Waals surface area contributed by atoms with E-state index >= 15 is 0 Å². The van der Waals surface area contributed by atoms with Gasteiger partial charge in [-0.15, -0.1) is 0 Å². The maximum atomic E-state index is 12.7. The summed E-state index contributed by atoms with van der Waals surface area (Å²) in [5.74, 6) is 0.579. The minimum atomic E-state index is 0.00886. The Morgan fingerprint density at radius 2 is 1.82 bits per heavy atom. The fourth-order valence-corrected chi connectivity index (χ4v) is 3.05. The van der Waals surface area contributed by atoms with Gasteiger partial charge in [0, 0.05) is 51.2 Å². The molecule has 1 unspecified atom stereocenters. The van der Waals surface area contributed by atoms with Crippen LogP contribution in [0.3, 0.4) is 0 Å². The molecule has 1 amide bonds. The molecule has 1 saturated heterocycles. The van der Waals surface area contributed by atoms with E-state index in [1.165, 1.54) is 5.56 Å². The summed E-state index contributed by atoms with van der Waals surface area (Å²) in [6.07, 6.45) is 8.56. The van der Waals surface area contributed by atoms with Crippen LogP contribution in [0.15, 0.2) is 48.8 Å². The van der Waals surface area contributed by atoms with Gasteiger partial charge < -0.3 is 10.2 Å². The van der Waals surface area contributed by atoms with Crippen LogP contribution >= 0.6 is 0 Å². The van der Waals surface area contributed by atoms with Crippen LogP contribution in [0.2, 0.25) is 0 Å². The van der Waals surface area contributed by atoms with Gasteiger partial charge in [-0.2, -0.15) is 0 Å². The van der Waals surface area contributed by atoms with Crippen LogP contribution in [0.25, 0.3) is 6.08 Å². The molecule has 0 spiro atoms. The highest BCUT2D eigenvalue weighted by molar-refractivity contribution is 5.93. The van der Waals surface area contributed by atoms with Gasteiger partial charge in [0.05, 0.1) is 5.56 Å². The molecule has 2 aromatic rings. The van der Waals surface area contributed by atoms with Crippen LogP contribution in [0, 0.1) is 0 Å². The van der Waals surface area contributed by atoms with Crippen LogP contribution in [0.1, 0.15) is 36.2 Å². The lowest BCUT2D eigenvalue weighted by molar-refractivity contribution is 0.0649. The Kier molecular flexibility index (Phi) is 7.14. The van der Waals surface area contributed by atoms with Crippen molar-refractivity contribution >= 4 is 17.9 Å². The molecular weight excluding hydrogens is 350 g/mol. The molecule has 148 valence electrons. The van der Waals surface area contributed by atoms with Crippen molar-refractivity contribution in [2.24, 2.45) is 0 Å². The van der Waals surface area contributed by atoms with Gasteiger partial charge in [-0.3, -0.25) is 9.69 Å². The van der Waals surface area contributed by atoms with Crippen molar-refractivity contribution in [3.63, 3.8) is 0 Å². The number of hydrogen-bond acceptors (Lipinski definition) is 5. The fourth-order valence-electron chi connectivity index (χ4n) is 3.05. The van der Waals surface area contributed by atoms with Crippen LogP contribution in [0.4, 0.5) is 5.95 Å². The van der Waals surface area contributed by atoms with E-state index < -0.39 is 0 Å². The average molecular weight is 380 g/mol. The van der Waals surface area contributed by atoms with E-state index in [1.54, 1.807) is 12.4 Å². The zero-order chi connectivity index (χ0) is 19.8. The SMILES string of the molecule is CCC(C)Nc1ncc(C(=O)N2CCN(C/C=C/c3ccccc3)CC2)cn1. The van der Waals surface area contributed by atoms with Crippen molar-refractivity contribution in [1.29, 1.82) is 0 Å². The first-order valence-corrected chi connectivity index (χ1v) is 9.97. The summed E-state index contributed by atoms with van der Waals surface area (Å²) in [6, 6.07) is 10.6. The Hall–Kier alpha value is -2.73. The zero-order valence-electron chi connectivity index (χ0n) is 16.7. The number of amides is 1. The predicted octanol–water partition coefficient (Wildman–Crippen LogP) is 3.16. The Balaban J connectivity index is 1.46. The van der Waals surface area contributed by atoms with Crippen molar-refractivity contribution < 1.29 is 4.79 Å². The number of aromatic nitrogens is 2. The third-order valence-corrected chi connectivity index (χ3v) is 5.02. The van der Waals surface area contributed by atoms with Crippen molar-refractivity contribution in [3.05, 3.63) is 59.9 Å². The van der Waals surface area contributed by atoms with Gasteiger partial charge >= 0.3 is 0 Å². The molecule has 2 heterocycles. The first kappa shape index (κ1) is 20.0. The van der Waals surface area contributed by atoms with E-state index in [0.29, 0.717) is 17.6 Å². The molecule has 1 fully saturated rings. The fraction of sp³-hybridized carbons (Fsp3) is 0.409. The average Bonchev–Trinajstić information content (AvgIpc) is 2.75.